The minimum atomic E-state index is -5.08. The molecule has 1 amide bonds. The molecule has 0 aromatic heterocycles. The quantitative estimate of drug-likeness (QED) is 0.862. The highest BCUT2D eigenvalue weighted by molar-refractivity contribution is 6.05. The number of hydrazone groups is 1. The molecule has 0 saturated heterocycles. The topological polar surface area (TPSA) is 62.1 Å². The summed E-state index contributed by atoms with van der Waals surface area (Å²) in [6.07, 6.45) is -5.14. The lowest BCUT2D eigenvalue weighted by atomic mass is 9.99. The van der Waals surface area contributed by atoms with Gasteiger partial charge in [-0.3, -0.25) is 4.79 Å². The number of aliphatic hydroxyl groups is 1. The first-order chi connectivity index (χ1) is 13.2. The molecule has 0 saturated carbocycles. The fraction of sp³-hybridized carbons (Fsp3) is 0.300. The molecule has 0 spiro atoms. The van der Waals surface area contributed by atoms with E-state index in [4.69, 9.17) is 4.74 Å². The third-order valence-corrected chi connectivity index (χ3v) is 4.66. The standard InChI is InChI=1S/C20H19F3N2O3/c1-3-13-4-6-14(7-5-13)17-12-19(27,20(21,22)23)25(24-17)18(26)15-8-10-16(28-2)11-9-15/h4-11,27H,3,12H2,1-2H3/t19-/m0/s1. The molecule has 148 valence electrons. The van der Waals surface area contributed by atoms with E-state index < -0.39 is 24.2 Å². The Bertz CT molecular complexity index is 892. The van der Waals surface area contributed by atoms with E-state index in [1.165, 1.54) is 31.4 Å². The number of nitrogens with zero attached hydrogens (tertiary/aromatic N) is 2. The first-order valence-electron chi connectivity index (χ1n) is 8.64. The average molecular weight is 392 g/mol. The summed E-state index contributed by atoms with van der Waals surface area (Å²) in [4.78, 5) is 12.7. The van der Waals surface area contributed by atoms with Gasteiger partial charge in [-0.15, -0.1) is 0 Å². The van der Waals surface area contributed by atoms with Crippen molar-refractivity contribution in [1.82, 2.24) is 5.01 Å². The predicted molar refractivity (Wildman–Crippen MR) is 97.1 cm³/mol. The molecule has 2 aromatic rings. The number of alkyl halides is 3. The number of methoxy groups -OCH3 is 1. The summed E-state index contributed by atoms with van der Waals surface area (Å²) in [5.74, 6) is -0.605. The van der Waals surface area contributed by atoms with Crippen LogP contribution in [0.5, 0.6) is 5.75 Å². The van der Waals surface area contributed by atoms with Gasteiger partial charge in [-0.25, -0.2) is 0 Å². The minimum Gasteiger partial charge on any atom is -0.497 e. The fourth-order valence-corrected chi connectivity index (χ4v) is 2.93. The van der Waals surface area contributed by atoms with E-state index in [-0.39, 0.29) is 16.3 Å². The van der Waals surface area contributed by atoms with Gasteiger partial charge in [0, 0.05) is 5.56 Å². The fourth-order valence-electron chi connectivity index (χ4n) is 2.93. The lowest BCUT2D eigenvalue weighted by molar-refractivity contribution is -0.297. The molecular weight excluding hydrogens is 373 g/mol. The van der Waals surface area contributed by atoms with E-state index in [2.05, 4.69) is 5.10 Å². The van der Waals surface area contributed by atoms with Gasteiger partial charge in [0.15, 0.2) is 0 Å². The smallest absolute Gasteiger partial charge is 0.438 e. The SMILES string of the molecule is CCc1ccc(C2=NN(C(=O)c3ccc(OC)cc3)[C@@](O)(C(F)(F)F)C2)cc1. The van der Waals surface area contributed by atoms with Crippen molar-refractivity contribution in [3.8, 4) is 5.75 Å². The monoisotopic (exact) mass is 392 g/mol. The molecule has 0 aliphatic carbocycles. The molecule has 0 fully saturated rings. The van der Waals surface area contributed by atoms with Crippen LogP contribution in [0.3, 0.4) is 0 Å². The normalized spacial score (nSPS) is 19.5. The van der Waals surface area contributed by atoms with Gasteiger partial charge in [0.1, 0.15) is 5.75 Å². The maximum atomic E-state index is 13.7. The number of carbonyl (C=O) groups is 1. The van der Waals surface area contributed by atoms with Crippen molar-refractivity contribution in [1.29, 1.82) is 0 Å². The summed E-state index contributed by atoms with van der Waals surface area (Å²) in [5.41, 5.74) is -2.04. The zero-order valence-corrected chi connectivity index (χ0v) is 15.3. The van der Waals surface area contributed by atoms with Crippen molar-refractivity contribution in [2.24, 2.45) is 5.10 Å². The molecule has 1 aliphatic heterocycles. The van der Waals surface area contributed by atoms with E-state index in [1.807, 2.05) is 6.92 Å². The number of rotatable bonds is 4. The van der Waals surface area contributed by atoms with Gasteiger partial charge in [-0.1, -0.05) is 31.2 Å². The number of aryl methyl sites for hydroxylation is 1. The lowest BCUT2D eigenvalue weighted by Gasteiger charge is -2.32. The van der Waals surface area contributed by atoms with Gasteiger partial charge in [0.2, 0.25) is 0 Å². The van der Waals surface area contributed by atoms with Crippen LogP contribution in [0.15, 0.2) is 53.6 Å². The number of benzene rings is 2. The highest BCUT2D eigenvalue weighted by atomic mass is 19.4. The largest absolute Gasteiger partial charge is 0.497 e. The second-order valence-corrected chi connectivity index (χ2v) is 6.43. The van der Waals surface area contributed by atoms with E-state index in [1.54, 1.807) is 24.3 Å². The molecule has 28 heavy (non-hydrogen) atoms. The Morgan fingerprint density at radius 2 is 1.79 bits per heavy atom. The first-order valence-corrected chi connectivity index (χ1v) is 8.64. The van der Waals surface area contributed by atoms with Crippen LogP contribution in [-0.2, 0) is 6.42 Å². The molecule has 2 aromatic carbocycles. The number of amides is 1. The molecule has 1 aliphatic rings. The van der Waals surface area contributed by atoms with Crippen molar-refractivity contribution in [3.05, 3.63) is 65.2 Å². The van der Waals surface area contributed by atoms with Gasteiger partial charge in [-0.2, -0.15) is 23.3 Å². The maximum Gasteiger partial charge on any atom is 0.438 e. The molecule has 5 nitrogen and oxygen atoms in total. The molecule has 1 atom stereocenters. The Kier molecular flexibility index (Phi) is 5.16. The van der Waals surface area contributed by atoms with Crippen molar-refractivity contribution in [2.45, 2.75) is 31.7 Å². The number of halogens is 3. The third kappa shape index (κ3) is 3.47. The molecule has 0 bridgehead atoms. The second kappa shape index (κ2) is 7.27. The highest BCUT2D eigenvalue weighted by Crippen LogP contribution is 2.42. The van der Waals surface area contributed by atoms with Crippen LogP contribution in [0.4, 0.5) is 13.2 Å². The number of hydrogen-bond donors (Lipinski definition) is 1. The van der Waals surface area contributed by atoms with Crippen LogP contribution in [0, 0.1) is 0 Å². The summed E-state index contributed by atoms with van der Waals surface area (Å²) in [7, 11) is 1.43. The van der Waals surface area contributed by atoms with Crippen LogP contribution < -0.4 is 4.74 Å². The molecule has 0 unspecified atom stereocenters. The van der Waals surface area contributed by atoms with E-state index in [9.17, 15) is 23.1 Å². The van der Waals surface area contributed by atoms with Crippen molar-refractivity contribution < 1.29 is 27.8 Å². The number of ether oxygens (including phenoxy) is 1. The highest BCUT2D eigenvalue weighted by Gasteiger charge is 2.63. The van der Waals surface area contributed by atoms with Crippen LogP contribution in [0.25, 0.3) is 0 Å². The molecule has 0 radical (unpaired) electrons. The second-order valence-electron chi connectivity index (χ2n) is 6.43. The predicted octanol–water partition coefficient (Wildman–Crippen LogP) is 3.76. The van der Waals surface area contributed by atoms with Crippen LogP contribution in [0.2, 0.25) is 0 Å². The molecule has 3 rings (SSSR count). The summed E-state index contributed by atoms with van der Waals surface area (Å²) >= 11 is 0. The minimum absolute atomic E-state index is 0.00987. The van der Waals surface area contributed by atoms with E-state index >= 15 is 0 Å². The zero-order chi connectivity index (χ0) is 20.5. The number of hydrogen-bond acceptors (Lipinski definition) is 4. The van der Waals surface area contributed by atoms with Gasteiger partial charge in [0.05, 0.1) is 19.2 Å². The summed E-state index contributed by atoms with van der Waals surface area (Å²) in [6, 6.07) is 12.4. The van der Waals surface area contributed by atoms with Crippen LogP contribution in [-0.4, -0.2) is 40.7 Å². The zero-order valence-electron chi connectivity index (χ0n) is 15.3. The number of carbonyl (C=O) groups excluding carboxylic acids is 1. The van der Waals surface area contributed by atoms with Crippen LogP contribution in [0.1, 0.15) is 34.8 Å². The Balaban J connectivity index is 1.99. The summed E-state index contributed by atoms with van der Waals surface area (Å²) < 4.78 is 46.0. The van der Waals surface area contributed by atoms with Gasteiger partial charge >= 0.3 is 6.18 Å². The van der Waals surface area contributed by atoms with Gasteiger partial charge < -0.3 is 9.84 Å². The molecule has 1 heterocycles. The van der Waals surface area contributed by atoms with Crippen molar-refractivity contribution in [3.63, 3.8) is 0 Å². The van der Waals surface area contributed by atoms with Gasteiger partial charge in [-0.05, 0) is 41.8 Å². The maximum absolute atomic E-state index is 13.7. The molecule has 8 heteroatoms. The summed E-state index contributed by atoms with van der Waals surface area (Å²) in [5, 5.41) is 14.4. The third-order valence-electron chi connectivity index (χ3n) is 4.66. The Morgan fingerprint density at radius 1 is 1.18 bits per heavy atom. The van der Waals surface area contributed by atoms with E-state index in [0.29, 0.717) is 11.3 Å². The van der Waals surface area contributed by atoms with E-state index in [0.717, 1.165) is 12.0 Å². The molecule has 1 N–H and O–H groups in total. The summed E-state index contributed by atoms with van der Waals surface area (Å²) in [6.45, 7) is 1.96. The Morgan fingerprint density at radius 3 is 2.29 bits per heavy atom. The average Bonchev–Trinajstić information content (AvgIpc) is 3.06. The molecular formula is C20H19F3N2O3. The van der Waals surface area contributed by atoms with Crippen molar-refractivity contribution >= 4 is 11.6 Å². The first kappa shape index (κ1) is 19.9. The Hall–Kier alpha value is -2.87. The van der Waals surface area contributed by atoms with Crippen LogP contribution >= 0.6 is 0 Å². The van der Waals surface area contributed by atoms with Gasteiger partial charge in [0.25, 0.3) is 11.6 Å². The Labute approximate surface area is 160 Å². The lowest BCUT2D eigenvalue weighted by Crippen LogP contribution is -2.56. The van der Waals surface area contributed by atoms with Crippen molar-refractivity contribution in [2.75, 3.05) is 7.11 Å².